The number of aliphatic carboxylic acids is 1. The van der Waals surface area contributed by atoms with Gasteiger partial charge in [-0.05, 0) is 19.5 Å². The van der Waals surface area contributed by atoms with Gasteiger partial charge in [-0.25, -0.2) is 4.79 Å². The lowest BCUT2D eigenvalue weighted by atomic mass is 9.93. The lowest BCUT2D eigenvalue weighted by Gasteiger charge is -2.30. The summed E-state index contributed by atoms with van der Waals surface area (Å²) >= 11 is 0. The van der Waals surface area contributed by atoms with Gasteiger partial charge in [-0.15, -0.1) is 0 Å². The highest BCUT2D eigenvalue weighted by Crippen LogP contribution is 2.17. The molecule has 0 spiro atoms. The highest BCUT2D eigenvalue weighted by molar-refractivity contribution is 5.80. The number of carbonyl (C=O) groups excluding carboxylic acids is 1. The summed E-state index contributed by atoms with van der Waals surface area (Å²) in [6.45, 7) is 1.85. The van der Waals surface area contributed by atoms with E-state index >= 15 is 0 Å². The molecule has 0 aromatic rings. The smallest absolute Gasteiger partial charge is 0.406 e. The van der Waals surface area contributed by atoms with Crippen LogP contribution in [0, 0.1) is 5.41 Å². The zero-order valence-electron chi connectivity index (χ0n) is 12.6. The Labute approximate surface area is 121 Å². The van der Waals surface area contributed by atoms with Crippen molar-refractivity contribution < 1.29 is 27.9 Å². The Bertz CT molecular complexity index is 370. The minimum Gasteiger partial charge on any atom is -0.480 e. The third kappa shape index (κ3) is 9.94. The molecule has 2 N–H and O–H groups in total. The fraction of sp³-hybridized carbons (Fsp3) is 0.833. The topological polar surface area (TPSA) is 72.9 Å². The number of alkyl halides is 3. The number of hydrogen-bond acceptors (Lipinski definition) is 3. The molecule has 0 rings (SSSR count). The summed E-state index contributed by atoms with van der Waals surface area (Å²) in [4.78, 5) is 24.4. The molecule has 0 unspecified atom stereocenters. The van der Waals surface area contributed by atoms with Crippen molar-refractivity contribution in [2.75, 3.05) is 40.3 Å². The van der Waals surface area contributed by atoms with Gasteiger partial charge < -0.3 is 20.2 Å². The molecule has 0 aliphatic heterocycles. The normalized spacial score (nSPS) is 12.4. The number of rotatable bonds is 7. The predicted molar refractivity (Wildman–Crippen MR) is 71.0 cm³/mol. The van der Waals surface area contributed by atoms with Crippen molar-refractivity contribution in [1.82, 2.24) is 15.1 Å². The molecule has 0 aliphatic carbocycles. The Morgan fingerprint density at radius 2 is 1.67 bits per heavy atom. The van der Waals surface area contributed by atoms with Crippen molar-refractivity contribution in [1.29, 1.82) is 0 Å². The van der Waals surface area contributed by atoms with Crippen molar-refractivity contribution in [2.24, 2.45) is 5.41 Å². The summed E-state index contributed by atoms with van der Waals surface area (Å²) in [6.07, 6.45) is -4.65. The van der Waals surface area contributed by atoms with Crippen LogP contribution in [0.2, 0.25) is 0 Å². The number of carboxylic acids is 1. The zero-order valence-corrected chi connectivity index (χ0v) is 12.6. The average molecular weight is 313 g/mol. The van der Waals surface area contributed by atoms with Crippen LogP contribution in [0.25, 0.3) is 0 Å². The minimum absolute atomic E-state index is 0.137. The standard InChI is InChI=1S/C12H22F3N3O3/c1-11(2,7-17(3)4)6-16-10(21)18(5-9(19)20)8-12(13,14)15/h5-8H2,1-4H3,(H,16,21)(H,19,20). The molecule has 0 bridgehead atoms. The van der Waals surface area contributed by atoms with Gasteiger partial charge in [0.05, 0.1) is 0 Å². The Hall–Kier alpha value is -1.51. The summed E-state index contributed by atoms with van der Waals surface area (Å²) in [5, 5.41) is 10.9. The molecular weight excluding hydrogens is 291 g/mol. The van der Waals surface area contributed by atoms with E-state index in [2.05, 4.69) is 5.32 Å². The average Bonchev–Trinajstić information content (AvgIpc) is 2.20. The van der Waals surface area contributed by atoms with E-state index in [4.69, 9.17) is 5.11 Å². The first-order chi connectivity index (χ1) is 9.32. The van der Waals surface area contributed by atoms with Gasteiger partial charge in [-0.1, -0.05) is 13.8 Å². The molecule has 0 radical (unpaired) electrons. The van der Waals surface area contributed by atoms with Crippen molar-refractivity contribution in [3.8, 4) is 0 Å². The SMILES string of the molecule is CN(C)CC(C)(C)CNC(=O)N(CC(=O)O)CC(F)(F)F. The largest absolute Gasteiger partial charge is 0.480 e. The molecule has 0 atom stereocenters. The van der Waals surface area contributed by atoms with Crippen LogP contribution in [0.15, 0.2) is 0 Å². The maximum absolute atomic E-state index is 12.3. The number of amides is 2. The third-order valence-electron chi connectivity index (χ3n) is 2.45. The van der Waals surface area contributed by atoms with E-state index in [9.17, 15) is 22.8 Å². The molecule has 0 aliphatic rings. The van der Waals surface area contributed by atoms with E-state index in [1.165, 1.54) is 0 Å². The van der Waals surface area contributed by atoms with Gasteiger partial charge in [-0.3, -0.25) is 4.79 Å². The molecule has 0 saturated carbocycles. The Morgan fingerprint density at radius 1 is 1.14 bits per heavy atom. The number of carboxylic acid groups (broad SMARTS) is 1. The monoisotopic (exact) mass is 313 g/mol. The summed E-state index contributed by atoms with van der Waals surface area (Å²) in [7, 11) is 3.67. The first-order valence-corrected chi connectivity index (χ1v) is 6.28. The van der Waals surface area contributed by atoms with Gasteiger partial charge in [0, 0.05) is 13.1 Å². The molecule has 6 nitrogen and oxygen atoms in total. The second-order valence-electron chi connectivity index (χ2n) is 5.93. The van der Waals surface area contributed by atoms with Crippen molar-refractivity contribution in [3.05, 3.63) is 0 Å². The van der Waals surface area contributed by atoms with Crippen LogP contribution in [-0.4, -0.2) is 73.4 Å². The van der Waals surface area contributed by atoms with Gasteiger partial charge in [0.25, 0.3) is 0 Å². The molecular formula is C12H22F3N3O3. The number of urea groups is 1. The Kier molecular flexibility index (Phi) is 6.95. The number of halogens is 3. The van der Waals surface area contributed by atoms with E-state index in [0.29, 0.717) is 6.54 Å². The van der Waals surface area contributed by atoms with Crippen molar-refractivity contribution in [2.45, 2.75) is 20.0 Å². The van der Waals surface area contributed by atoms with Gasteiger partial charge in [0.15, 0.2) is 0 Å². The van der Waals surface area contributed by atoms with Crippen LogP contribution < -0.4 is 5.32 Å². The third-order valence-corrected chi connectivity index (χ3v) is 2.45. The van der Waals surface area contributed by atoms with E-state index in [1.807, 2.05) is 32.8 Å². The van der Waals surface area contributed by atoms with Crippen LogP contribution in [-0.2, 0) is 4.79 Å². The summed E-state index contributed by atoms with van der Waals surface area (Å²) < 4.78 is 37.0. The lowest BCUT2D eigenvalue weighted by molar-refractivity contribution is -0.149. The molecule has 0 aromatic heterocycles. The van der Waals surface area contributed by atoms with Crippen LogP contribution in [0.3, 0.4) is 0 Å². The summed E-state index contributed by atoms with van der Waals surface area (Å²) in [5.74, 6) is -1.50. The highest BCUT2D eigenvalue weighted by Gasteiger charge is 2.34. The maximum Gasteiger partial charge on any atom is 0.406 e. The van der Waals surface area contributed by atoms with Crippen LogP contribution in [0.5, 0.6) is 0 Å². The number of hydrogen-bond donors (Lipinski definition) is 2. The second kappa shape index (κ2) is 7.48. The first-order valence-electron chi connectivity index (χ1n) is 6.28. The summed E-state index contributed by atoms with van der Waals surface area (Å²) in [6, 6.07) is -1.04. The molecule has 0 fully saturated rings. The second-order valence-corrected chi connectivity index (χ2v) is 5.93. The molecule has 0 saturated heterocycles. The fourth-order valence-electron chi connectivity index (χ4n) is 1.92. The Morgan fingerprint density at radius 3 is 2.05 bits per heavy atom. The van der Waals surface area contributed by atoms with Crippen LogP contribution >= 0.6 is 0 Å². The van der Waals surface area contributed by atoms with Gasteiger partial charge in [0.2, 0.25) is 0 Å². The quantitative estimate of drug-likeness (QED) is 0.741. The van der Waals surface area contributed by atoms with Gasteiger partial charge in [-0.2, -0.15) is 13.2 Å². The first kappa shape index (κ1) is 19.5. The highest BCUT2D eigenvalue weighted by atomic mass is 19.4. The minimum atomic E-state index is -4.65. The van der Waals surface area contributed by atoms with Crippen molar-refractivity contribution in [3.63, 3.8) is 0 Å². The fourth-order valence-corrected chi connectivity index (χ4v) is 1.92. The van der Waals surface area contributed by atoms with E-state index in [0.717, 1.165) is 0 Å². The van der Waals surface area contributed by atoms with Crippen LogP contribution in [0.1, 0.15) is 13.8 Å². The molecule has 0 heterocycles. The Balaban J connectivity index is 4.64. The van der Waals surface area contributed by atoms with E-state index in [-0.39, 0.29) is 16.9 Å². The number of nitrogens with zero attached hydrogens (tertiary/aromatic N) is 2. The molecule has 124 valence electrons. The summed E-state index contributed by atoms with van der Waals surface area (Å²) in [5.41, 5.74) is -0.355. The number of nitrogens with one attached hydrogen (secondary N) is 1. The molecule has 0 aromatic carbocycles. The predicted octanol–water partition coefficient (Wildman–Crippen LogP) is 1.23. The van der Waals surface area contributed by atoms with Gasteiger partial charge >= 0.3 is 18.2 Å². The van der Waals surface area contributed by atoms with Gasteiger partial charge in [0.1, 0.15) is 13.1 Å². The maximum atomic E-state index is 12.3. The van der Waals surface area contributed by atoms with Crippen LogP contribution in [0.4, 0.5) is 18.0 Å². The zero-order chi connectivity index (χ0) is 16.8. The number of carbonyl (C=O) groups is 2. The molecule has 9 heteroatoms. The van der Waals surface area contributed by atoms with E-state index < -0.39 is 31.3 Å². The van der Waals surface area contributed by atoms with E-state index in [1.54, 1.807) is 0 Å². The molecule has 2 amide bonds. The van der Waals surface area contributed by atoms with Crippen molar-refractivity contribution >= 4 is 12.0 Å². The molecule has 21 heavy (non-hydrogen) atoms. The lowest BCUT2D eigenvalue weighted by Crippen LogP contribution is -2.50.